The van der Waals surface area contributed by atoms with Crippen molar-refractivity contribution in [1.29, 1.82) is 0 Å². The zero-order valence-electron chi connectivity index (χ0n) is 21.1. The molecular weight excluding hydrogens is 398 g/mol. The molecule has 1 rings (SSSR count). The Labute approximate surface area is 197 Å². The van der Waals surface area contributed by atoms with Crippen molar-refractivity contribution in [2.75, 3.05) is 16.8 Å². The molecule has 1 aromatic carbocycles. The van der Waals surface area contributed by atoms with Gasteiger partial charge in [0, 0.05) is 5.69 Å². The number of benzene rings is 1. The highest BCUT2D eigenvalue weighted by molar-refractivity contribution is 7.99. The monoisotopic (exact) mass is 447 g/mol. The number of rotatable bonds is 18. The van der Waals surface area contributed by atoms with Crippen LogP contribution in [0.4, 0.5) is 5.69 Å². The van der Waals surface area contributed by atoms with E-state index in [0.29, 0.717) is 17.6 Å². The summed E-state index contributed by atoms with van der Waals surface area (Å²) in [6, 6.07) is 6.40. The van der Waals surface area contributed by atoms with Gasteiger partial charge in [0.25, 0.3) is 0 Å². The number of hydrogen-bond acceptors (Lipinski definition) is 2. The van der Waals surface area contributed by atoms with Crippen LogP contribution in [0.3, 0.4) is 0 Å². The number of nitrogens with one attached hydrogen (secondary N) is 1. The molecule has 0 aliphatic heterocycles. The van der Waals surface area contributed by atoms with Crippen molar-refractivity contribution in [2.45, 2.75) is 124 Å². The summed E-state index contributed by atoms with van der Waals surface area (Å²) in [6.45, 7) is 11.0. The lowest BCUT2D eigenvalue weighted by molar-refractivity contribution is -0.113. The van der Waals surface area contributed by atoms with Crippen molar-refractivity contribution in [3.8, 4) is 0 Å². The van der Waals surface area contributed by atoms with Crippen LogP contribution >= 0.6 is 11.8 Å². The van der Waals surface area contributed by atoms with Gasteiger partial charge in [-0.25, -0.2) is 0 Å². The quantitative estimate of drug-likeness (QED) is 0.227. The Kier molecular flexibility index (Phi) is 15.9. The highest BCUT2D eigenvalue weighted by atomic mass is 32.2. The van der Waals surface area contributed by atoms with Gasteiger partial charge in [-0.2, -0.15) is 11.8 Å². The number of amides is 1. The third kappa shape index (κ3) is 12.6. The average Bonchev–Trinajstić information content (AvgIpc) is 2.73. The van der Waals surface area contributed by atoms with Crippen molar-refractivity contribution >= 4 is 23.4 Å². The zero-order chi connectivity index (χ0) is 22.9. The van der Waals surface area contributed by atoms with Crippen LogP contribution in [0.25, 0.3) is 0 Å². The fraction of sp³-hybridized carbons (Fsp3) is 0.750. The fourth-order valence-electron chi connectivity index (χ4n) is 4.08. The third-order valence-electron chi connectivity index (χ3n) is 6.01. The van der Waals surface area contributed by atoms with Crippen molar-refractivity contribution < 1.29 is 4.79 Å². The SMILES string of the molecule is CCCCCCCCCCCCCCSCC(=O)Nc1c(C(C)C)cccc1C(C)C. The molecule has 1 N–H and O–H groups in total. The molecule has 1 amide bonds. The number of carbonyl (C=O) groups is 1. The van der Waals surface area contributed by atoms with Crippen LogP contribution in [0.1, 0.15) is 135 Å². The van der Waals surface area contributed by atoms with Crippen LogP contribution in [-0.2, 0) is 4.79 Å². The van der Waals surface area contributed by atoms with Crippen molar-refractivity contribution in [2.24, 2.45) is 0 Å². The molecule has 0 aliphatic rings. The Bertz CT molecular complexity index is 570. The van der Waals surface area contributed by atoms with Gasteiger partial charge in [0.05, 0.1) is 5.75 Å². The van der Waals surface area contributed by atoms with Crippen LogP contribution in [-0.4, -0.2) is 17.4 Å². The largest absolute Gasteiger partial charge is 0.325 e. The number of anilines is 1. The average molecular weight is 448 g/mol. The first-order valence-corrected chi connectivity index (χ1v) is 14.1. The molecule has 0 aliphatic carbocycles. The second-order valence-electron chi connectivity index (χ2n) is 9.61. The second kappa shape index (κ2) is 17.6. The Hall–Kier alpha value is -0.960. The molecule has 0 heterocycles. The number of unbranched alkanes of at least 4 members (excludes halogenated alkanes) is 11. The molecule has 0 radical (unpaired) electrons. The Morgan fingerprint density at radius 3 is 1.68 bits per heavy atom. The topological polar surface area (TPSA) is 29.1 Å². The molecular formula is C28H49NOS. The molecule has 3 heteroatoms. The van der Waals surface area contributed by atoms with Gasteiger partial charge < -0.3 is 5.32 Å². The molecule has 0 atom stereocenters. The van der Waals surface area contributed by atoms with Crippen LogP contribution in [0.5, 0.6) is 0 Å². The molecule has 0 fully saturated rings. The van der Waals surface area contributed by atoms with Crippen molar-refractivity contribution in [1.82, 2.24) is 0 Å². The summed E-state index contributed by atoms with van der Waals surface area (Å²) in [5, 5.41) is 3.23. The van der Waals surface area contributed by atoms with Crippen LogP contribution in [0.15, 0.2) is 18.2 Å². The predicted molar refractivity (Wildman–Crippen MR) is 142 cm³/mol. The van der Waals surface area contributed by atoms with E-state index in [4.69, 9.17) is 0 Å². The van der Waals surface area contributed by atoms with E-state index < -0.39 is 0 Å². The molecule has 0 saturated heterocycles. The zero-order valence-corrected chi connectivity index (χ0v) is 21.9. The maximum Gasteiger partial charge on any atom is 0.234 e. The molecule has 0 aromatic heterocycles. The van der Waals surface area contributed by atoms with Crippen molar-refractivity contribution in [3.05, 3.63) is 29.3 Å². The normalized spacial score (nSPS) is 11.5. The highest BCUT2D eigenvalue weighted by Crippen LogP contribution is 2.32. The number of para-hydroxylation sites is 1. The second-order valence-corrected chi connectivity index (χ2v) is 10.7. The maximum atomic E-state index is 12.5. The Morgan fingerprint density at radius 2 is 1.23 bits per heavy atom. The van der Waals surface area contributed by atoms with E-state index >= 15 is 0 Å². The molecule has 2 nitrogen and oxygen atoms in total. The van der Waals surface area contributed by atoms with Crippen LogP contribution in [0.2, 0.25) is 0 Å². The van der Waals surface area contributed by atoms with E-state index in [0.717, 1.165) is 11.4 Å². The summed E-state index contributed by atoms with van der Waals surface area (Å²) in [4.78, 5) is 12.5. The van der Waals surface area contributed by atoms with E-state index in [9.17, 15) is 4.79 Å². The number of carbonyl (C=O) groups excluding carboxylic acids is 1. The van der Waals surface area contributed by atoms with Gasteiger partial charge in [0.2, 0.25) is 5.91 Å². The van der Waals surface area contributed by atoms with Gasteiger partial charge in [-0.05, 0) is 35.1 Å². The molecule has 178 valence electrons. The Balaban J connectivity index is 2.13. The van der Waals surface area contributed by atoms with Gasteiger partial charge in [-0.3, -0.25) is 4.79 Å². The first kappa shape index (κ1) is 28.1. The number of thioether (sulfide) groups is 1. The maximum absolute atomic E-state index is 12.5. The first-order chi connectivity index (χ1) is 15.0. The summed E-state index contributed by atoms with van der Waals surface area (Å²) in [7, 11) is 0. The van der Waals surface area contributed by atoms with Gasteiger partial charge in [0.15, 0.2) is 0 Å². The molecule has 31 heavy (non-hydrogen) atoms. The van der Waals surface area contributed by atoms with Gasteiger partial charge in [-0.15, -0.1) is 0 Å². The van der Waals surface area contributed by atoms with E-state index in [2.05, 4.69) is 58.1 Å². The lowest BCUT2D eigenvalue weighted by Gasteiger charge is -2.20. The standard InChI is InChI=1S/C28H49NOS/c1-6-7-8-9-10-11-12-13-14-15-16-17-21-31-22-27(30)29-28-25(23(2)3)19-18-20-26(28)24(4)5/h18-20,23-24H,6-17,21-22H2,1-5H3,(H,29,30). The lowest BCUT2D eigenvalue weighted by Crippen LogP contribution is -2.18. The molecule has 0 saturated carbocycles. The first-order valence-electron chi connectivity index (χ1n) is 13.0. The molecule has 0 unspecified atom stereocenters. The van der Waals surface area contributed by atoms with E-state index in [-0.39, 0.29) is 5.91 Å². The van der Waals surface area contributed by atoms with E-state index in [1.165, 1.54) is 88.2 Å². The molecule has 0 bridgehead atoms. The summed E-state index contributed by atoms with van der Waals surface area (Å²) in [5.41, 5.74) is 3.53. The van der Waals surface area contributed by atoms with Crippen LogP contribution < -0.4 is 5.32 Å². The minimum absolute atomic E-state index is 0.138. The third-order valence-corrected chi connectivity index (χ3v) is 7.06. The van der Waals surface area contributed by atoms with Crippen molar-refractivity contribution in [3.63, 3.8) is 0 Å². The smallest absolute Gasteiger partial charge is 0.234 e. The van der Waals surface area contributed by atoms with Gasteiger partial charge >= 0.3 is 0 Å². The van der Waals surface area contributed by atoms with Gasteiger partial charge in [0.1, 0.15) is 0 Å². The summed E-state index contributed by atoms with van der Waals surface area (Å²) < 4.78 is 0. The minimum atomic E-state index is 0.138. The van der Waals surface area contributed by atoms with E-state index in [1.54, 1.807) is 11.8 Å². The van der Waals surface area contributed by atoms with E-state index in [1.807, 2.05) is 0 Å². The highest BCUT2D eigenvalue weighted by Gasteiger charge is 2.15. The van der Waals surface area contributed by atoms with Crippen LogP contribution in [0, 0.1) is 0 Å². The predicted octanol–water partition coefficient (Wildman–Crippen LogP) is 9.31. The molecule has 1 aromatic rings. The minimum Gasteiger partial charge on any atom is -0.325 e. The number of hydrogen-bond donors (Lipinski definition) is 1. The summed E-state index contributed by atoms with van der Waals surface area (Å²) >= 11 is 1.78. The fourth-order valence-corrected chi connectivity index (χ4v) is 4.89. The summed E-state index contributed by atoms with van der Waals surface area (Å²) in [6.07, 6.45) is 16.5. The molecule has 0 spiro atoms. The lowest BCUT2D eigenvalue weighted by atomic mass is 9.92. The summed E-state index contributed by atoms with van der Waals surface area (Å²) in [5.74, 6) is 2.60. The Morgan fingerprint density at radius 1 is 0.774 bits per heavy atom. The van der Waals surface area contributed by atoms with Gasteiger partial charge in [-0.1, -0.05) is 123 Å².